The zero-order chi connectivity index (χ0) is 13.0. The van der Waals surface area contributed by atoms with Gasteiger partial charge in [0.25, 0.3) is 0 Å². The Morgan fingerprint density at radius 3 is 2.67 bits per heavy atom. The number of hydrogen-bond acceptors (Lipinski definition) is 2. The van der Waals surface area contributed by atoms with Gasteiger partial charge in [0, 0.05) is 23.2 Å². The first-order valence-corrected chi connectivity index (χ1v) is 7.48. The van der Waals surface area contributed by atoms with Crippen molar-refractivity contribution in [1.82, 2.24) is 0 Å². The van der Waals surface area contributed by atoms with E-state index in [2.05, 4.69) is 39.9 Å². The van der Waals surface area contributed by atoms with Crippen LogP contribution >= 0.6 is 15.9 Å². The molecule has 1 saturated heterocycles. The number of rotatable bonds is 3. The summed E-state index contributed by atoms with van der Waals surface area (Å²) in [5, 5.41) is 9.01. The molecule has 1 aromatic rings. The largest absolute Gasteiger partial charge is 0.371 e. The molecule has 2 rings (SSSR count). The highest BCUT2D eigenvalue weighted by molar-refractivity contribution is 9.10. The van der Waals surface area contributed by atoms with Crippen LogP contribution in [0.15, 0.2) is 22.7 Å². The fourth-order valence-corrected chi connectivity index (χ4v) is 3.19. The van der Waals surface area contributed by atoms with Crippen molar-refractivity contribution in [2.45, 2.75) is 32.6 Å². The second-order valence-electron chi connectivity index (χ2n) is 5.03. The molecule has 0 aliphatic carbocycles. The monoisotopic (exact) mass is 306 g/mol. The first-order valence-electron chi connectivity index (χ1n) is 6.68. The van der Waals surface area contributed by atoms with E-state index in [1.807, 2.05) is 12.1 Å². The molecule has 0 unspecified atom stereocenters. The van der Waals surface area contributed by atoms with Crippen molar-refractivity contribution in [1.29, 1.82) is 5.26 Å². The summed E-state index contributed by atoms with van der Waals surface area (Å²) in [5.74, 6) is 0.897. The van der Waals surface area contributed by atoms with Gasteiger partial charge in [0.15, 0.2) is 0 Å². The van der Waals surface area contributed by atoms with Crippen LogP contribution in [0.25, 0.3) is 0 Å². The van der Waals surface area contributed by atoms with Crippen molar-refractivity contribution < 1.29 is 0 Å². The zero-order valence-corrected chi connectivity index (χ0v) is 12.4. The van der Waals surface area contributed by atoms with Gasteiger partial charge in [0.1, 0.15) is 0 Å². The third kappa shape index (κ3) is 3.26. The maximum Gasteiger partial charge on any atom is 0.0992 e. The molecule has 0 N–H and O–H groups in total. The summed E-state index contributed by atoms with van der Waals surface area (Å²) in [6, 6.07) is 8.19. The van der Waals surface area contributed by atoms with E-state index < -0.39 is 0 Å². The van der Waals surface area contributed by atoms with Gasteiger partial charge in [0.2, 0.25) is 0 Å². The van der Waals surface area contributed by atoms with E-state index in [0.29, 0.717) is 0 Å². The Hall–Kier alpha value is -1.01. The van der Waals surface area contributed by atoms with Gasteiger partial charge in [-0.1, -0.05) is 35.7 Å². The predicted octanol–water partition coefficient (Wildman–Crippen LogP) is 4.34. The van der Waals surface area contributed by atoms with Crippen molar-refractivity contribution in [2.75, 3.05) is 18.0 Å². The van der Waals surface area contributed by atoms with E-state index in [0.717, 1.165) is 29.0 Å². The molecular weight excluding hydrogens is 288 g/mol. The highest BCUT2D eigenvalue weighted by atomic mass is 79.9. The summed E-state index contributed by atoms with van der Waals surface area (Å²) in [7, 11) is 0. The van der Waals surface area contributed by atoms with E-state index in [4.69, 9.17) is 5.26 Å². The molecule has 1 aromatic carbocycles. The number of nitrogens with zero attached hydrogens (tertiary/aromatic N) is 2. The van der Waals surface area contributed by atoms with Crippen LogP contribution in [0, 0.1) is 17.2 Å². The number of hydrogen-bond donors (Lipinski definition) is 0. The molecule has 2 nitrogen and oxygen atoms in total. The van der Waals surface area contributed by atoms with Crippen LogP contribution in [0.5, 0.6) is 0 Å². The number of halogens is 1. The van der Waals surface area contributed by atoms with Crippen LogP contribution in [0.4, 0.5) is 5.69 Å². The van der Waals surface area contributed by atoms with E-state index in [9.17, 15) is 0 Å². The van der Waals surface area contributed by atoms with E-state index in [-0.39, 0.29) is 0 Å². The lowest BCUT2D eigenvalue weighted by molar-refractivity contribution is 0.378. The highest BCUT2D eigenvalue weighted by Gasteiger charge is 2.19. The van der Waals surface area contributed by atoms with Gasteiger partial charge in [-0.15, -0.1) is 0 Å². The van der Waals surface area contributed by atoms with Gasteiger partial charge in [0.05, 0.1) is 11.6 Å². The van der Waals surface area contributed by atoms with Crippen LogP contribution in [0.1, 0.15) is 38.2 Å². The molecule has 1 aliphatic rings. The van der Waals surface area contributed by atoms with Crippen molar-refractivity contribution in [2.24, 2.45) is 5.92 Å². The van der Waals surface area contributed by atoms with Crippen molar-refractivity contribution >= 4 is 21.6 Å². The minimum atomic E-state index is 0.732. The zero-order valence-electron chi connectivity index (χ0n) is 10.8. The quantitative estimate of drug-likeness (QED) is 0.830. The number of piperidine rings is 1. The third-order valence-electron chi connectivity index (χ3n) is 3.69. The molecule has 3 heteroatoms. The molecule has 0 amide bonds. The molecular formula is C15H19BrN2. The van der Waals surface area contributed by atoms with Crippen molar-refractivity contribution in [3.05, 3.63) is 28.2 Å². The van der Waals surface area contributed by atoms with Gasteiger partial charge < -0.3 is 4.90 Å². The summed E-state index contributed by atoms with van der Waals surface area (Å²) in [4.78, 5) is 2.40. The summed E-state index contributed by atoms with van der Waals surface area (Å²) in [5.41, 5.74) is 1.91. The molecule has 0 radical (unpaired) electrons. The highest BCUT2D eigenvalue weighted by Crippen LogP contribution is 2.28. The second kappa shape index (κ2) is 6.24. The Morgan fingerprint density at radius 2 is 2.06 bits per heavy atom. The average Bonchev–Trinajstić information content (AvgIpc) is 2.39. The lowest BCUT2D eigenvalue weighted by Gasteiger charge is -2.33. The molecule has 96 valence electrons. The van der Waals surface area contributed by atoms with Crippen molar-refractivity contribution in [3.63, 3.8) is 0 Å². The van der Waals surface area contributed by atoms with E-state index >= 15 is 0 Å². The predicted molar refractivity (Wildman–Crippen MR) is 78.7 cm³/mol. The smallest absolute Gasteiger partial charge is 0.0992 e. The molecule has 0 spiro atoms. The lowest BCUT2D eigenvalue weighted by Crippen LogP contribution is -2.33. The van der Waals surface area contributed by atoms with Gasteiger partial charge in [-0.25, -0.2) is 0 Å². The number of anilines is 1. The maximum atomic E-state index is 9.01. The van der Waals surface area contributed by atoms with Gasteiger partial charge in [-0.2, -0.15) is 5.26 Å². The molecule has 0 aromatic heterocycles. The molecule has 0 saturated carbocycles. The first kappa shape index (κ1) is 13.4. The first-order chi connectivity index (χ1) is 8.72. The van der Waals surface area contributed by atoms with Gasteiger partial charge >= 0.3 is 0 Å². The maximum absolute atomic E-state index is 9.01. The fraction of sp³-hybridized carbons (Fsp3) is 0.533. The molecule has 18 heavy (non-hydrogen) atoms. The standard InChI is InChI=1S/C15H19BrN2/c1-2-3-12-4-6-18(7-5-12)15-9-13(11-17)8-14(16)10-15/h8-10,12H,2-7H2,1H3. The number of nitriles is 1. The van der Waals surface area contributed by atoms with Crippen LogP contribution in [0.3, 0.4) is 0 Å². The summed E-state index contributed by atoms with van der Waals surface area (Å²) < 4.78 is 0.993. The minimum absolute atomic E-state index is 0.732. The summed E-state index contributed by atoms with van der Waals surface area (Å²) in [6.45, 7) is 4.50. The summed E-state index contributed by atoms with van der Waals surface area (Å²) in [6.07, 6.45) is 5.21. The molecule has 1 fully saturated rings. The van der Waals surface area contributed by atoms with Crippen LogP contribution in [-0.4, -0.2) is 13.1 Å². The number of benzene rings is 1. The fourth-order valence-electron chi connectivity index (χ4n) is 2.71. The molecule has 0 atom stereocenters. The Balaban J connectivity index is 2.05. The van der Waals surface area contributed by atoms with Crippen LogP contribution in [-0.2, 0) is 0 Å². The van der Waals surface area contributed by atoms with Gasteiger partial charge in [-0.05, 0) is 37.0 Å². The molecule has 1 aliphatic heterocycles. The minimum Gasteiger partial charge on any atom is -0.371 e. The van der Waals surface area contributed by atoms with E-state index in [1.165, 1.54) is 31.4 Å². The molecule has 0 bridgehead atoms. The SMILES string of the molecule is CCCC1CCN(c2cc(Br)cc(C#N)c2)CC1. The molecule has 1 heterocycles. The Kier molecular flexibility index (Phi) is 4.66. The average molecular weight is 307 g/mol. The van der Waals surface area contributed by atoms with Crippen molar-refractivity contribution in [3.8, 4) is 6.07 Å². The van der Waals surface area contributed by atoms with Crippen LogP contribution in [0.2, 0.25) is 0 Å². The second-order valence-corrected chi connectivity index (χ2v) is 5.94. The Labute approximate surface area is 118 Å². The van der Waals surface area contributed by atoms with Crippen LogP contribution < -0.4 is 4.90 Å². The Morgan fingerprint density at radius 1 is 1.33 bits per heavy atom. The normalized spacial score (nSPS) is 16.6. The third-order valence-corrected chi connectivity index (χ3v) is 4.15. The Bertz CT molecular complexity index is 442. The summed E-state index contributed by atoms with van der Waals surface area (Å²) >= 11 is 3.48. The van der Waals surface area contributed by atoms with E-state index in [1.54, 1.807) is 0 Å². The van der Waals surface area contributed by atoms with Gasteiger partial charge in [-0.3, -0.25) is 0 Å². The lowest BCUT2D eigenvalue weighted by atomic mass is 9.92. The topological polar surface area (TPSA) is 27.0 Å².